The van der Waals surface area contributed by atoms with Crippen molar-refractivity contribution < 1.29 is 4.74 Å². The van der Waals surface area contributed by atoms with Gasteiger partial charge in [0.15, 0.2) is 0 Å². The van der Waals surface area contributed by atoms with E-state index in [0.717, 1.165) is 41.6 Å². The molecule has 1 aliphatic rings. The molecule has 1 aliphatic carbocycles. The summed E-state index contributed by atoms with van der Waals surface area (Å²) in [5, 5.41) is 0. The van der Waals surface area contributed by atoms with E-state index in [1.54, 1.807) is 0 Å². The van der Waals surface area contributed by atoms with Crippen LogP contribution in [0.1, 0.15) is 61.6 Å². The van der Waals surface area contributed by atoms with Crippen LogP contribution in [0.5, 0.6) is 5.75 Å². The average Bonchev–Trinajstić information content (AvgIpc) is 2.82. The first-order valence-electron chi connectivity index (χ1n) is 11.4. The molecule has 3 rings (SSSR count). The van der Waals surface area contributed by atoms with E-state index in [-0.39, 0.29) is 0 Å². The second-order valence-corrected chi connectivity index (χ2v) is 8.39. The van der Waals surface area contributed by atoms with Crippen LogP contribution in [0.25, 0.3) is 9.69 Å². The molecule has 1 fully saturated rings. The second-order valence-electron chi connectivity index (χ2n) is 8.39. The van der Waals surface area contributed by atoms with E-state index in [0.29, 0.717) is 13.0 Å². The van der Waals surface area contributed by atoms with Gasteiger partial charge < -0.3 is 9.64 Å². The molecule has 4 nitrogen and oxygen atoms in total. The Labute approximate surface area is 187 Å². The Bertz CT molecular complexity index is 903. The van der Waals surface area contributed by atoms with Crippen LogP contribution in [0.15, 0.2) is 42.5 Å². The van der Waals surface area contributed by atoms with Crippen LogP contribution in [-0.2, 0) is 6.42 Å². The molecule has 1 saturated carbocycles. The maximum absolute atomic E-state index is 7.12. The van der Waals surface area contributed by atoms with Crippen LogP contribution in [0, 0.1) is 20.1 Å². The maximum atomic E-state index is 7.12. The Morgan fingerprint density at radius 1 is 1.03 bits per heavy atom. The van der Waals surface area contributed by atoms with Gasteiger partial charge in [-0.25, -0.2) is 22.8 Å². The summed E-state index contributed by atoms with van der Waals surface area (Å²) in [6.45, 7) is 20.8. The lowest BCUT2D eigenvalue weighted by Crippen LogP contribution is -2.28. The van der Waals surface area contributed by atoms with Crippen LogP contribution in [-0.4, -0.2) is 25.9 Å². The number of hydrogen-bond donors (Lipinski definition) is 0. The van der Waals surface area contributed by atoms with E-state index in [1.807, 2.05) is 0 Å². The fourth-order valence-electron chi connectivity index (χ4n) is 4.44. The highest BCUT2D eigenvalue weighted by atomic mass is 16.5. The van der Waals surface area contributed by atoms with Crippen molar-refractivity contribution in [2.45, 2.75) is 64.5 Å². The molecule has 0 saturated heterocycles. The lowest BCUT2D eigenvalue weighted by atomic mass is 9.84. The first kappa shape index (κ1) is 22.7. The molecule has 0 aliphatic heterocycles. The van der Waals surface area contributed by atoms with Crippen molar-refractivity contribution in [1.29, 1.82) is 0 Å². The van der Waals surface area contributed by atoms with Crippen LogP contribution >= 0.6 is 0 Å². The minimum absolute atomic E-state index is 0.491. The standard InChI is InChI=1S/C27H33N3O/c1-5-30(25-14-11-24(21(2)19-25)20-27(28-3)29-4)17-18-31-26-15-12-23(13-16-26)22-9-7-6-8-10-22/h11-16,19,22,27H,5-10,17-18,20H2,1-2H3. The summed E-state index contributed by atoms with van der Waals surface area (Å²) in [5.74, 6) is 1.66. The smallest absolute Gasteiger partial charge is 0.478 e. The highest BCUT2D eigenvalue weighted by Gasteiger charge is 2.18. The molecule has 0 bridgehead atoms. The summed E-state index contributed by atoms with van der Waals surface area (Å²) < 4.78 is 6.03. The lowest BCUT2D eigenvalue weighted by molar-refractivity contribution is 0.324. The zero-order chi connectivity index (χ0) is 22.1. The Morgan fingerprint density at radius 2 is 1.74 bits per heavy atom. The third kappa shape index (κ3) is 6.25. The van der Waals surface area contributed by atoms with Gasteiger partial charge in [-0.1, -0.05) is 37.5 Å². The fourth-order valence-corrected chi connectivity index (χ4v) is 4.44. The van der Waals surface area contributed by atoms with Crippen LogP contribution in [0.3, 0.4) is 0 Å². The molecule has 4 heteroatoms. The number of ether oxygens (including phenoxy) is 1. The highest BCUT2D eigenvalue weighted by molar-refractivity contribution is 5.51. The van der Waals surface area contributed by atoms with E-state index in [1.165, 1.54) is 37.7 Å². The molecule has 0 amide bonds. The van der Waals surface area contributed by atoms with Crippen LogP contribution < -0.4 is 9.64 Å². The largest absolute Gasteiger partial charge is 0.492 e. The zero-order valence-corrected chi connectivity index (χ0v) is 18.8. The van der Waals surface area contributed by atoms with Gasteiger partial charge in [0, 0.05) is 12.2 Å². The summed E-state index contributed by atoms with van der Waals surface area (Å²) >= 11 is 0. The third-order valence-corrected chi connectivity index (χ3v) is 6.36. The Balaban J connectivity index is 1.53. The summed E-state index contributed by atoms with van der Waals surface area (Å²) in [5.41, 5.74) is 4.82. The lowest BCUT2D eigenvalue weighted by Gasteiger charge is -2.24. The normalized spacial score (nSPS) is 14.1. The third-order valence-electron chi connectivity index (χ3n) is 6.36. The minimum atomic E-state index is -0.621. The molecule has 0 heterocycles. The van der Waals surface area contributed by atoms with Crippen molar-refractivity contribution in [3.05, 3.63) is 82.0 Å². The molecule has 2 aromatic rings. The zero-order valence-electron chi connectivity index (χ0n) is 18.8. The molecule has 31 heavy (non-hydrogen) atoms. The molecular formula is C27H33N3O. The predicted octanol–water partition coefficient (Wildman–Crippen LogP) is 6.66. The van der Waals surface area contributed by atoms with Crippen LogP contribution in [0.2, 0.25) is 0 Å². The van der Waals surface area contributed by atoms with E-state index in [4.69, 9.17) is 17.9 Å². The summed E-state index contributed by atoms with van der Waals surface area (Å²) in [6.07, 6.45) is 6.61. The topological polar surface area (TPSA) is 21.2 Å². The van der Waals surface area contributed by atoms with Crippen molar-refractivity contribution in [2.24, 2.45) is 0 Å². The van der Waals surface area contributed by atoms with E-state index in [9.17, 15) is 0 Å². The first-order chi connectivity index (χ1) is 15.1. The number of aryl methyl sites for hydroxylation is 1. The van der Waals surface area contributed by atoms with Gasteiger partial charge in [-0.3, -0.25) is 0 Å². The monoisotopic (exact) mass is 415 g/mol. The first-order valence-corrected chi connectivity index (χ1v) is 11.4. The summed E-state index contributed by atoms with van der Waals surface area (Å²) in [4.78, 5) is 9.07. The van der Waals surface area contributed by atoms with Gasteiger partial charge in [-0.2, -0.15) is 0 Å². The summed E-state index contributed by atoms with van der Waals surface area (Å²) in [6, 6.07) is 15.0. The average molecular weight is 416 g/mol. The minimum Gasteiger partial charge on any atom is -0.492 e. The number of likely N-dealkylation sites (N-methyl/N-ethyl adjacent to an activating group) is 1. The quantitative estimate of drug-likeness (QED) is 0.427. The van der Waals surface area contributed by atoms with Gasteiger partial charge in [-0.05, 0) is 73.6 Å². The molecule has 0 unspecified atom stereocenters. The molecule has 2 aromatic carbocycles. The Hall–Kier alpha value is -2.98. The number of anilines is 1. The number of benzene rings is 2. The Kier molecular flexibility index (Phi) is 8.36. The van der Waals surface area contributed by atoms with Crippen LogP contribution in [0.4, 0.5) is 5.69 Å². The van der Waals surface area contributed by atoms with Crippen molar-refractivity contribution in [3.8, 4) is 5.75 Å². The SMILES string of the molecule is [C-]#[N+]C(Cc1ccc(N(CC)CCOc2ccc(C3CCCCC3)cc2)cc1C)[N+]#[C-]. The molecule has 0 aromatic heterocycles. The van der Waals surface area contributed by atoms with Crippen molar-refractivity contribution in [2.75, 3.05) is 24.6 Å². The van der Waals surface area contributed by atoms with Gasteiger partial charge in [0.05, 0.1) is 6.54 Å². The van der Waals surface area contributed by atoms with Crippen molar-refractivity contribution >= 4 is 5.69 Å². The molecule has 0 N–H and O–H groups in total. The highest BCUT2D eigenvalue weighted by Crippen LogP contribution is 2.33. The molecule has 0 radical (unpaired) electrons. The molecule has 162 valence electrons. The van der Waals surface area contributed by atoms with E-state index in [2.05, 4.69) is 70.9 Å². The van der Waals surface area contributed by atoms with Gasteiger partial charge in [0.25, 0.3) is 0 Å². The number of hydrogen-bond acceptors (Lipinski definition) is 2. The Morgan fingerprint density at radius 3 is 2.35 bits per heavy atom. The molecule has 0 atom stereocenters. The van der Waals surface area contributed by atoms with E-state index < -0.39 is 6.17 Å². The fraction of sp³-hybridized carbons (Fsp3) is 0.481. The second kappa shape index (κ2) is 11.4. The van der Waals surface area contributed by atoms with Gasteiger partial charge in [0.2, 0.25) is 0 Å². The molecule has 0 spiro atoms. The molecular weight excluding hydrogens is 382 g/mol. The van der Waals surface area contributed by atoms with Crippen molar-refractivity contribution in [1.82, 2.24) is 0 Å². The van der Waals surface area contributed by atoms with Crippen molar-refractivity contribution in [3.63, 3.8) is 0 Å². The summed E-state index contributed by atoms with van der Waals surface area (Å²) in [7, 11) is 0. The van der Waals surface area contributed by atoms with Gasteiger partial charge in [0.1, 0.15) is 18.8 Å². The predicted molar refractivity (Wildman–Crippen MR) is 128 cm³/mol. The van der Waals surface area contributed by atoms with Gasteiger partial charge in [-0.15, -0.1) is 0 Å². The maximum Gasteiger partial charge on any atom is 0.478 e. The number of rotatable bonds is 9. The van der Waals surface area contributed by atoms with E-state index >= 15 is 0 Å². The number of nitrogens with zero attached hydrogens (tertiary/aromatic N) is 3. The van der Waals surface area contributed by atoms with Gasteiger partial charge >= 0.3 is 6.17 Å².